The first kappa shape index (κ1) is 12.1. The molecule has 84 valence electrons. The molecule has 1 aromatic rings. The first-order valence-corrected chi connectivity index (χ1v) is 5.10. The number of ether oxygens (including phenoxy) is 1. The average molecular weight is 217 g/mol. The summed E-state index contributed by atoms with van der Waals surface area (Å²) >= 11 is 0. The molecule has 0 saturated carbocycles. The minimum absolute atomic E-state index is 0.0419. The van der Waals surface area contributed by atoms with E-state index < -0.39 is 0 Å². The molecule has 0 unspecified atom stereocenters. The van der Waals surface area contributed by atoms with Crippen LogP contribution < -0.4 is 10.1 Å². The van der Waals surface area contributed by atoms with Crippen molar-refractivity contribution in [1.82, 2.24) is 5.32 Å². The van der Waals surface area contributed by atoms with Gasteiger partial charge in [-0.3, -0.25) is 4.79 Å². The van der Waals surface area contributed by atoms with Crippen molar-refractivity contribution in [2.45, 2.75) is 12.8 Å². The lowest BCUT2D eigenvalue weighted by Gasteiger charge is -2.07. The summed E-state index contributed by atoms with van der Waals surface area (Å²) in [5, 5.41) is 2.75. The Balaban J connectivity index is 2.53. The van der Waals surface area contributed by atoms with Crippen LogP contribution in [0.25, 0.3) is 0 Å². The van der Waals surface area contributed by atoms with Crippen LogP contribution in [0.1, 0.15) is 12.0 Å². The third-order valence-electron chi connectivity index (χ3n) is 2.14. The maximum atomic E-state index is 11.5. The summed E-state index contributed by atoms with van der Waals surface area (Å²) in [7, 11) is 1.59. The van der Waals surface area contributed by atoms with Gasteiger partial charge < -0.3 is 10.1 Å². The minimum Gasteiger partial charge on any atom is -0.496 e. The van der Waals surface area contributed by atoms with Gasteiger partial charge in [0, 0.05) is 18.5 Å². The van der Waals surface area contributed by atoms with Crippen LogP contribution in [0, 0.1) is 12.3 Å². The fourth-order valence-corrected chi connectivity index (χ4v) is 1.36. The largest absolute Gasteiger partial charge is 0.496 e. The second kappa shape index (κ2) is 6.52. The van der Waals surface area contributed by atoms with Gasteiger partial charge in [0.05, 0.1) is 13.5 Å². The second-order valence-corrected chi connectivity index (χ2v) is 3.29. The molecule has 1 rings (SSSR count). The minimum atomic E-state index is -0.0419. The molecule has 0 radical (unpaired) electrons. The number of terminal acetylenes is 1. The normalized spacial score (nSPS) is 9.25. The number of nitrogens with one attached hydrogen (secondary N) is 1. The Kier molecular flexibility index (Phi) is 4.94. The summed E-state index contributed by atoms with van der Waals surface area (Å²) in [5.41, 5.74) is 0.878. The number of para-hydroxylation sites is 1. The lowest BCUT2D eigenvalue weighted by atomic mass is 10.1. The van der Waals surface area contributed by atoms with Gasteiger partial charge in [-0.2, -0.15) is 0 Å². The molecule has 1 aromatic carbocycles. The molecule has 0 aliphatic rings. The second-order valence-electron chi connectivity index (χ2n) is 3.29. The molecule has 1 amide bonds. The van der Waals surface area contributed by atoms with Gasteiger partial charge in [0.15, 0.2) is 0 Å². The molecule has 0 fully saturated rings. The number of methoxy groups -OCH3 is 1. The van der Waals surface area contributed by atoms with Crippen molar-refractivity contribution in [2.75, 3.05) is 13.7 Å². The Morgan fingerprint density at radius 1 is 1.50 bits per heavy atom. The molecule has 0 saturated heterocycles. The summed E-state index contributed by atoms with van der Waals surface area (Å²) in [4.78, 5) is 11.5. The van der Waals surface area contributed by atoms with E-state index in [1.54, 1.807) is 7.11 Å². The zero-order valence-electron chi connectivity index (χ0n) is 9.32. The van der Waals surface area contributed by atoms with Crippen molar-refractivity contribution in [3.8, 4) is 18.1 Å². The van der Waals surface area contributed by atoms with Crippen molar-refractivity contribution >= 4 is 5.91 Å². The quantitative estimate of drug-likeness (QED) is 0.597. The number of rotatable bonds is 5. The smallest absolute Gasteiger partial charge is 0.224 e. The monoisotopic (exact) mass is 217 g/mol. The van der Waals surface area contributed by atoms with Crippen LogP contribution in [0.3, 0.4) is 0 Å². The van der Waals surface area contributed by atoms with Gasteiger partial charge in [0.1, 0.15) is 5.75 Å². The van der Waals surface area contributed by atoms with Crippen LogP contribution in [0.4, 0.5) is 0 Å². The molecule has 0 aromatic heterocycles. The Bertz CT molecular complexity index is 393. The number of benzene rings is 1. The average Bonchev–Trinajstić information content (AvgIpc) is 2.30. The first-order chi connectivity index (χ1) is 7.77. The highest BCUT2D eigenvalue weighted by atomic mass is 16.5. The molecular weight excluding hydrogens is 202 g/mol. The third kappa shape index (κ3) is 3.66. The maximum Gasteiger partial charge on any atom is 0.224 e. The Hall–Kier alpha value is -1.95. The van der Waals surface area contributed by atoms with E-state index in [9.17, 15) is 4.79 Å². The SMILES string of the molecule is C#CCCNC(=O)Cc1ccccc1OC. The lowest BCUT2D eigenvalue weighted by Crippen LogP contribution is -2.26. The highest BCUT2D eigenvalue weighted by Gasteiger charge is 2.06. The van der Waals surface area contributed by atoms with Crippen molar-refractivity contribution < 1.29 is 9.53 Å². The molecule has 0 aliphatic carbocycles. The molecule has 0 spiro atoms. The van der Waals surface area contributed by atoms with Crippen molar-refractivity contribution in [3.05, 3.63) is 29.8 Å². The molecule has 0 atom stereocenters. The van der Waals surface area contributed by atoms with Crippen LogP contribution in [0.5, 0.6) is 5.75 Å². The number of carbonyl (C=O) groups is 1. The molecule has 0 heterocycles. The van der Waals surface area contributed by atoms with E-state index in [2.05, 4.69) is 11.2 Å². The highest BCUT2D eigenvalue weighted by molar-refractivity contribution is 5.79. The lowest BCUT2D eigenvalue weighted by molar-refractivity contribution is -0.120. The molecule has 1 N–H and O–H groups in total. The summed E-state index contributed by atoms with van der Waals surface area (Å²) in [6.07, 6.45) is 5.96. The number of carbonyl (C=O) groups excluding carboxylic acids is 1. The van der Waals surface area contributed by atoms with Gasteiger partial charge in [0.2, 0.25) is 5.91 Å². The van der Waals surface area contributed by atoms with Crippen molar-refractivity contribution in [2.24, 2.45) is 0 Å². The summed E-state index contributed by atoms with van der Waals surface area (Å²) in [5.74, 6) is 3.16. The van der Waals surface area contributed by atoms with Gasteiger partial charge in [-0.15, -0.1) is 12.3 Å². The van der Waals surface area contributed by atoms with Gasteiger partial charge in [-0.1, -0.05) is 18.2 Å². The van der Waals surface area contributed by atoms with E-state index in [-0.39, 0.29) is 5.91 Å². The van der Waals surface area contributed by atoms with Crippen LogP contribution in [-0.4, -0.2) is 19.6 Å². The van der Waals surface area contributed by atoms with Gasteiger partial charge in [-0.25, -0.2) is 0 Å². The number of hydrogen-bond donors (Lipinski definition) is 1. The number of hydrogen-bond acceptors (Lipinski definition) is 2. The summed E-state index contributed by atoms with van der Waals surface area (Å²) < 4.78 is 5.16. The zero-order valence-corrected chi connectivity index (χ0v) is 9.32. The van der Waals surface area contributed by atoms with Gasteiger partial charge in [0.25, 0.3) is 0 Å². The Morgan fingerprint density at radius 2 is 2.25 bits per heavy atom. The van der Waals surface area contributed by atoms with Crippen LogP contribution >= 0.6 is 0 Å². The van der Waals surface area contributed by atoms with Crippen molar-refractivity contribution in [1.29, 1.82) is 0 Å². The number of amides is 1. The third-order valence-corrected chi connectivity index (χ3v) is 2.14. The van der Waals surface area contributed by atoms with E-state index in [0.717, 1.165) is 11.3 Å². The van der Waals surface area contributed by atoms with Crippen LogP contribution in [-0.2, 0) is 11.2 Å². The van der Waals surface area contributed by atoms with E-state index in [0.29, 0.717) is 19.4 Å². The topological polar surface area (TPSA) is 38.3 Å². The Labute approximate surface area is 95.8 Å². The molecule has 3 heteroatoms. The predicted octanol–water partition coefficient (Wildman–Crippen LogP) is 1.38. The molecule has 16 heavy (non-hydrogen) atoms. The van der Waals surface area contributed by atoms with Crippen LogP contribution in [0.15, 0.2) is 24.3 Å². The summed E-state index contributed by atoms with van der Waals surface area (Å²) in [6.45, 7) is 0.518. The van der Waals surface area contributed by atoms with E-state index in [1.807, 2.05) is 24.3 Å². The van der Waals surface area contributed by atoms with E-state index in [1.165, 1.54) is 0 Å². The van der Waals surface area contributed by atoms with Crippen LogP contribution in [0.2, 0.25) is 0 Å². The zero-order chi connectivity index (χ0) is 11.8. The molecule has 0 aliphatic heterocycles. The fourth-order valence-electron chi connectivity index (χ4n) is 1.36. The first-order valence-electron chi connectivity index (χ1n) is 5.10. The molecule has 3 nitrogen and oxygen atoms in total. The fraction of sp³-hybridized carbons (Fsp3) is 0.308. The van der Waals surface area contributed by atoms with Gasteiger partial charge in [-0.05, 0) is 6.07 Å². The Morgan fingerprint density at radius 3 is 2.94 bits per heavy atom. The highest BCUT2D eigenvalue weighted by Crippen LogP contribution is 2.17. The van der Waals surface area contributed by atoms with E-state index in [4.69, 9.17) is 11.2 Å². The molecule has 0 bridgehead atoms. The van der Waals surface area contributed by atoms with E-state index >= 15 is 0 Å². The summed E-state index contributed by atoms with van der Waals surface area (Å²) in [6, 6.07) is 7.47. The predicted molar refractivity (Wildman–Crippen MR) is 63.2 cm³/mol. The van der Waals surface area contributed by atoms with Crippen molar-refractivity contribution in [3.63, 3.8) is 0 Å². The molecular formula is C13H15NO2. The maximum absolute atomic E-state index is 11.5. The van der Waals surface area contributed by atoms with Gasteiger partial charge >= 0.3 is 0 Å². The standard InChI is InChI=1S/C13H15NO2/c1-3-4-9-14-13(15)10-11-7-5-6-8-12(11)16-2/h1,5-8H,4,9-10H2,2H3,(H,14,15).